The van der Waals surface area contributed by atoms with Crippen LogP contribution in [0.5, 0.6) is 0 Å². The van der Waals surface area contributed by atoms with E-state index in [-0.39, 0.29) is 11.5 Å². The van der Waals surface area contributed by atoms with Crippen LogP contribution in [0.4, 0.5) is 10.1 Å². The SMILES string of the molecule is Cc1c(C)n(C)c2cc(F)c(N)cc12. The van der Waals surface area contributed by atoms with Crippen LogP contribution >= 0.6 is 0 Å². The second-order valence-corrected chi connectivity index (χ2v) is 3.66. The Labute approximate surface area is 82.1 Å². The molecule has 0 amide bonds. The Morgan fingerprint density at radius 1 is 1.29 bits per heavy atom. The van der Waals surface area contributed by atoms with Crippen LogP contribution in [0.25, 0.3) is 10.9 Å². The summed E-state index contributed by atoms with van der Waals surface area (Å²) in [4.78, 5) is 0. The highest BCUT2D eigenvalue weighted by Gasteiger charge is 2.10. The highest BCUT2D eigenvalue weighted by Crippen LogP contribution is 2.27. The van der Waals surface area contributed by atoms with Gasteiger partial charge in [0.25, 0.3) is 0 Å². The quantitative estimate of drug-likeness (QED) is 0.639. The van der Waals surface area contributed by atoms with Crippen LogP contribution in [-0.4, -0.2) is 4.57 Å². The van der Waals surface area contributed by atoms with Gasteiger partial charge >= 0.3 is 0 Å². The second-order valence-electron chi connectivity index (χ2n) is 3.66. The normalized spacial score (nSPS) is 11.1. The summed E-state index contributed by atoms with van der Waals surface area (Å²) in [5.74, 6) is -0.349. The van der Waals surface area contributed by atoms with E-state index in [0.29, 0.717) is 0 Å². The number of rotatable bonds is 0. The maximum absolute atomic E-state index is 13.2. The van der Waals surface area contributed by atoms with Crippen molar-refractivity contribution in [2.45, 2.75) is 13.8 Å². The summed E-state index contributed by atoms with van der Waals surface area (Å²) in [6.07, 6.45) is 0. The summed E-state index contributed by atoms with van der Waals surface area (Å²) >= 11 is 0. The highest BCUT2D eigenvalue weighted by molar-refractivity contribution is 5.88. The van der Waals surface area contributed by atoms with Gasteiger partial charge in [-0.05, 0) is 25.5 Å². The molecule has 2 aromatic rings. The van der Waals surface area contributed by atoms with Crippen molar-refractivity contribution in [1.82, 2.24) is 4.57 Å². The van der Waals surface area contributed by atoms with E-state index < -0.39 is 0 Å². The van der Waals surface area contributed by atoms with E-state index in [4.69, 9.17) is 5.73 Å². The Balaban J connectivity index is 2.96. The number of fused-ring (bicyclic) bond motifs is 1. The average molecular weight is 192 g/mol. The van der Waals surface area contributed by atoms with Crippen LogP contribution in [-0.2, 0) is 7.05 Å². The first-order chi connectivity index (χ1) is 6.52. The van der Waals surface area contributed by atoms with Crippen molar-refractivity contribution in [2.75, 3.05) is 5.73 Å². The van der Waals surface area contributed by atoms with Gasteiger partial charge in [0, 0.05) is 24.2 Å². The van der Waals surface area contributed by atoms with Gasteiger partial charge in [0.1, 0.15) is 5.82 Å². The smallest absolute Gasteiger partial charge is 0.148 e. The molecule has 1 heterocycles. The molecule has 2 nitrogen and oxygen atoms in total. The van der Waals surface area contributed by atoms with Crippen LogP contribution in [0.1, 0.15) is 11.3 Å². The number of hydrogen-bond acceptors (Lipinski definition) is 1. The zero-order chi connectivity index (χ0) is 10.5. The number of nitrogen functional groups attached to an aromatic ring is 1. The maximum Gasteiger partial charge on any atom is 0.148 e. The van der Waals surface area contributed by atoms with Gasteiger partial charge in [0.15, 0.2) is 0 Å². The van der Waals surface area contributed by atoms with Gasteiger partial charge < -0.3 is 10.3 Å². The van der Waals surface area contributed by atoms with Crippen molar-refractivity contribution < 1.29 is 4.39 Å². The van der Waals surface area contributed by atoms with Crippen LogP contribution in [0.2, 0.25) is 0 Å². The first kappa shape index (κ1) is 9.06. The van der Waals surface area contributed by atoms with Crippen LogP contribution < -0.4 is 5.73 Å². The summed E-state index contributed by atoms with van der Waals surface area (Å²) in [7, 11) is 1.93. The number of nitrogens with zero attached hydrogens (tertiary/aromatic N) is 1. The molecule has 0 fully saturated rings. The lowest BCUT2D eigenvalue weighted by atomic mass is 10.1. The largest absolute Gasteiger partial charge is 0.396 e. The number of aromatic nitrogens is 1. The molecule has 0 unspecified atom stereocenters. The highest BCUT2D eigenvalue weighted by atomic mass is 19.1. The van der Waals surface area contributed by atoms with Gasteiger partial charge in [-0.25, -0.2) is 4.39 Å². The van der Waals surface area contributed by atoms with Crippen molar-refractivity contribution in [3.05, 3.63) is 29.2 Å². The van der Waals surface area contributed by atoms with Crippen molar-refractivity contribution in [3.63, 3.8) is 0 Å². The minimum absolute atomic E-state index is 0.214. The Kier molecular flexibility index (Phi) is 1.77. The van der Waals surface area contributed by atoms with Crippen molar-refractivity contribution >= 4 is 16.6 Å². The molecule has 1 aromatic heterocycles. The van der Waals surface area contributed by atoms with E-state index in [2.05, 4.69) is 0 Å². The average Bonchev–Trinajstić information content (AvgIpc) is 2.34. The first-order valence-electron chi connectivity index (χ1n) is 4.53. The van der Waals surface area contributed by atoms with E-state index >= 15 is 0 Å². The molecular formula is C11H13FN2. The lowest BCUT2D eigenvalue weighted by Crippen LogP contribution is -1.93. The standard InChI is InChI=1S/C11H13FN2/c1-6-7(2)14(3)11-5-9(12)10(13)4-8(6)11/h4-5H,13H2,1-3H3. The second kappa shape index (κ2) is 2.74. The lowest BCUT2D eigenvalue weighted by Gasteiger charge is -2.00. The molecule has 0 aliphatic carbocycles. The van der Waals surface area contributed by atoms with Crippen LogP contribution in [0, 0.1) is 19.7 Å². The van der Waals surface area contributed by atoms with Gasteiger partial charge in [-0.2, -0.15) is 0 Å². The Bertz CT molecular complexity index is 467. The number of halogens is 1. The molecule has 0 atom stereocenters. The third kappa shape index (κ3) is 1.02. The molecule has 0 aliphatic heterocycles. The fourth-order valence-corrected chi connectivity index (χ4v) is 1.78. The Hall–Kier alpha value is -1.51. The van der Waals surface area contributed by atoms with Gasteiger partial charge in [0.05, 0.1) is 11.2 Å². The molecule has 0 aliphatic rings. The van der Waals surface area contributed by atoms with Gasteiger partial charge in [-0.15, -0.1) is 0 Å². The fraction of sp³-hybridized carbons (Fsp3) is 0.273. The monoisotopic (exact) mass is 192 g/mol. The van der Waals surface area contributed by atoms with Crippen molar-refractivity contribution in [3.8, 4) is 0 Å². The topological polar surface area (TPSA) is 30.9 Å². The summed E-state index contributed by atoms with van der Waals surface area (Å²) in [5.41, 5.74) is 8.94. The summed E-state index contributed by atoms with van der Waals surface area (Å²) in [6.45, 7) is 4.04. The molecule has 2 N–H and O–H groups in total. The van der Waals surface area contributed by atoms with E-state index in [1.54, 1.807) is 6.07 Å². The lowest BCUT2D eigenvalue weighted by molar-refractivity contribution is 0.633. The molecular weight excluding hydrogens is 179 g/mol. The molecule has 0 saturated carbocycles. The maximum atomic E-state index is 13.2. The number of benzene rings is 1. The molecule has 3 heteroatoms. The fourth-order valence-electron chi connectivity index (χ4n) is 1.78. The molecule has 0 saturated heterocycles. The number of hydrogen-bond donors (Lipinski definition) is 1. The number of anilines is 1. The van der Waals surface area contributed by atoms with Gasteiger partial charge in [-0.1, -0.05) is 0 Å². The minimum Gasteiger partial charge on any atom is -0.396 e. The first-order valence-corrected chi connectivity index (χ1v) is 4.53. The van der Waals surface area contributed by atoms with E-state index in [0.717, 1.165) is 22.2 Å². The Morgan fingerprint density at radius 2 is 1.93 bits per heavy atom. The predicted octanol–water partition coefficient (Wildman–Crippen LogP) is 2.52. The summed E-state index contributed by atoms with van der Waals surface area (Å²) < 4.78 is 15.2. The van der Waals surface area contributed by atoms with E-state index in [1.165, 1.54) is 6.07 Å². The molecule has 2 rings (SSSR count). The summed E-state index contributed by atoms with van der Waals surface area (Å²) in [6, 6.07) is 3.19. The third-order valence-corrected chi connectivity index (χ3v) is 2.93. The number of nitrogens with two attached hydrogens (primary N) is 1. The van der Waals surface area contributed by atoms with Gasteiger partial charge in [-0.3, -0.25) is 0 Å². The van der Waals surface area contributed by atoms with Crippen LogP contribution in [0.3, 0.4) is 0 Å². The van der Waals surface area contributed by atoms with E-state index in [9.17, 15) is 4.39 Å². The van der Waals surface area contributed by atoms with Crippen molar-refractivity contribution in [2.24, 2.45) is 7.05 Å². The summed E-state index contributed by atoms with van der Waals surface area (Å²) in [5, 5.41) is 1.03. The van der Waals surface area contributed by atoms with Crippen molar-refractivity contribution in [1.29, 1.82) is 0 Å². The molecule has 0 radical (unpaired) electrons. The molecule has 1 aromatic carbocycles. The Morgan fingerprint density at radius 3 is 2.57 bits per heavy atom. The third-order valence-electron chi connectivity index (χ3n) is 2.93. The zero-order valence-corrected chi connectivity index (χ0v) is 8.56. The van der Waals surface area contributed by atoms with E-state index in [1.807, 2.05) is 25.5 Å². The molecule has 0 bridgehead atoms. The number of aryl methyl sites for hydroxylation is 2. The molecule has 14 heavy (non-hydrogen) atoms. The van der Waals surface area contributed by atoms with Gasteiger partial charge in [0.2, 0.25) is 0 Å². The zero-order valence-electron chi connectivity index (χ0n) is 8.56. The van der Waals surface area contributed by atoms with Crippen LogP contribution in [0.15, 0.2) is 12.1 Å². The predicted molar refractivity (Wildman–Crippen MR) is 56.8 cm³/mol. The molecule has 0 spiro atoms. The minimum atomic E-state index is -0.349. The molecule has 74 valence electrons.